The topological polar surface area (TPSA) is 116 Å². The summed E-state index contributed by atoms with van der Waals surface area (Å²) in [6.07, 6.45) is -2.77. The second-order valence-corrected chi connectivity index (χ2v) is 16.5. The molecule has 0 spiro atoms. The van der Waals surface area contributed by atoms with Crippen LogP contribution in [-0.2, 0) is 50.2 Å². The number of rotatable bonds is 5. The van der Waals surface area contributed by atoms with E-state index >= 15 is 0 Å². The third-order valence-corrected chi connectivity index (χ3v) is 12.8. The van der Waals surface area contributed by atoms with Crippen LogP contribution >= 0.6 is 0 Å². The van der Waals surface area contributed by atoms with Gasteiger partial charge in [0.25, 0.3) is 0 Å². The zero-order valence-corrected chi connectivity index (χ0v) is 32.7. The van der Waals surface area contributed by atoms with Crippen LogP contribution in [-0.4, -0.2) is 120 Å². The summed E-state index contributed by atoms with van der Waals surface area (Å²) in [5.41, 5.74) is -2.40. The van der Waals surface area contributed by atoms with Crippen LogP contribution in [0.3, 0.4) is 0 Å². The molecule has 0 aromatic rings. The third kappa shape index (κ3) is 9.10. The van der Waals surface area contributed by atoms with Gasteiger partial charge >= 0.3 is 294 Å². The van der Waals surface area contributed by atoms with Crippen molar-refractivity contribution >= 4 is 10.2 Å². The molecule has 3 aliphatic rings. The van der Waals surface area contributed by atoms with Gasteiger partial charge in [0, 0.05) is 0 Å². The summed E-state index contributed by atoms with van der Waals surface area (Å²) < 4.78 is 40.3. The summed E-state index contributed by atoms with van der Waals surface area (Å²) in [6.45, 7) is 20.7. The van der Waals surface area contributed by atoms with Gasteiger partial charge in [0.1, 0.15) is 0 Å². The zero-order chi connectivity index (χ0) is 35.6. The number of ether oxygens (including phenoxy) is 6. The molecule has 16 atom stereocenters. The Labute approximate surface area is 293 Å². The number of cyclic esters (lactones) is 1. The van der Waals surface area contributed by atoms with Crippen molar-refractivity contribution in [3.63, 3.8) is 0 Å². The Hall–Kier alpha value is -0.396. The van der Waals surface area contributed by atoms with Crippen molar-refractivity contribution < 1.29 is 60.4 Å². The molecule has 3 saturated heterocycles. The van der Waals surface area contributed by atoms with E-state index in [4.69, 9.17) is 28.4 Å². The molecule has 10 nitrogen and oxygen atoms in total. The summed E-state index contributed by atoms with van der Waals surface area (Å²) in [7, 11) is 5.74. The summed E-state index contributed by atoms with van der Waals surface area (Å²) in [4.78, 5) is 15.9. The molecule has 2 bridgehead atoms. The average Bonchev–Trinajstić information content (AvgIpc) is 3.01. The first-order chi connectivity index (χ1) is 21.8. The van der Waals surface area contributed by atoms with Crippen LogP contribution in [0.4, 0.5) is 0 Å². The quantitative estimate of drug-likeness (QED) is 0.407. The van der Waals surface area contributed by atoms with Gasteiger partial charge in [-0.05, 0) is 0 Å². The molecule has 47 heavy (non-hydrogen) atoms. The minimum atomic E-state index is -1.49. The van der Waals surface area contributed by atoms with Gasteiger partial charge in [-0.15, -0.1) is 0 Å². The number of aliphatic hydroxyl groups is 2. The van der Waals surface area contributed by atoms with Gasteiger partial charge in [0.15, 0.2) is 0 Å². The first-order valence-electron chi connectivity index (χ1n) is 17.7. The number of fused-ring (bicyclic) bond motifs is 5. The number of carbonyl (C=O) groups excluding carboxylic acids is 1. The second-order valence-electron chi connectivity index (χ2n) is 15.7. The van der Waals surface area contributed by atoms with Crippen LogP contribution in [0.15, 0.2) is 0 Å². The maximum atomic E-state index is 13.7. The molecule has 11 heteroatoms. The first kappa shape index (κ1) is 41.0. The standard InChI is InChI=1S/C36H65NO9.V/c1-14-28-36(10,40)31-21(3)15-20(2)17-35(9,43-19-23(5)22(4)18-42-31)32(25(7)29(38)26(8)33(39)45-28)46-34-30(41-13)27(37(11)12)16-24(6)44-34;/h20-32,34,38,40H,14,16-19H2,1-13H3;/t20-,21-,22?,23?,24+,25-,26+,27-,28+,29-,30+,31+,32+,34-,35-,36+;/m0./s1. The van der Waals surface area contributed by atoms with Crippen LogP contribution in [0.2, 0.25) is 0 Å². The molecular formula is C36H65NO9V. The van der Waals surface area contributed by atoms with Gasteiger partial charge < -0.3 is 0 Å². The predicted molar refractivity (Wildman–Crippen MR) is 178 cm³/mol. The molecule has 3 fully saturated rings. The Bertz CT molecular complexity index is 1040. The molecule has 2 unspecified atom stereocenters. The Morgan fingerprint density at radius 1 is 1.02 bits per heavy atom. The van der Waals surface area contributed by atoms with E-state index in [0.717, 1.165) is 10.6 Å². The molecule has 0 amide bonds. The molecular weight excluding hydrogens is 641 g/mol. The van der Waals surface area contributed by atoms with Crippen molar-refractivity contribution in [3.05, 3.63) is 0 Å². The van der Waals surface area contributed by atoms with Crippen molar-refractivity contribution in [1.82, 2.24) is 4.90 Å². The van der Waals surface area contributed by atoms with Crippen LogP contribution in [0.25, 0.3) is 0 Å². The van der Waals surface area contributed by atoms with E-state index < -0.39 is 59.7 Å². The monoisotopic (exact) mass is 706 g/mol. The Morgan fingerprint density at radius 3 is 2.21 bits per heavy atom. The second kappa shape index (κ2) is 16.7. The van der Waals surface area contributed by atoms with Gasteiger partial charge in [0.05, 0.1) is 0 Å². The van der Waals surface area contributed by atoms with E-state index in [0.29, 0.717) is 26.1 Å². The van der Waals surface area contributed by atoms with Crippen molar-refractivity contribution in [2.45, 2.75) is 149 Å². The minimum absolute atomic E-state index is 0.00133. The molecule has 3 heterocycles. The number of nitrogens with zero attached hydrogens (tertiary/aromatic N) is 1. The van der Waals surface area contributed by atoms with Gasteiger partial charge in [-0.1, -0.05) is 0 Å². The van der Waals surface area contributed by atoms with E-state index in [1.165, 1.54) is 0 Å². The third-order valence-electron chi connectivity index (χ3n) is 11.5. The van der Waals surface area contributed by atoms with Gasteiger partial charge in [-0.25, -0.2) is 0 Å². The molecule has 3 aliphatic heterocycles. The number of esters is 1. The molecule has 2 N–H and O–H groups in total. The number of hydrogen-bond donors (Lipinski definition) is 2. The fourth-order valence-electron chi connectivity index (χ4n) is 7.99. The molecule has 0 saturated carbocycles. The first-order valence-corrected chi connectivity index (χ1v) is 18.4. The van der Waals surface area contributed by atoms with Gasteiger partial charge in [-0.3, -0.25) is 0 Å². The van der Waals surface area contributed by atoms with Gasteiger partial charge in [0.2, 0.25) is 0 Å². The number of carbonyl (C=O) groups is 1. The normalized spacial score (nSPS) is 48.1. The van der Waals surface area contributed by atoms with E-state index in [1.807, 2.05) is 34.9 Å². The van der Waals surface area contributed by atoms with Crippen molar-refractivity contribution in [3.8, 4) is 0 Å². The van der Waals surface area contributed by atoms with Crippen molar-refractivity contribution in [2.75, 3.05) is 34.4 Å². The summed E-state index contributed by atoms with van der Waals surface area (Å²) >= 11 is 2.72. The average molecular weight is 707 g/mol. The number of likely N-dealkylation sites (N-methyl/N-ethyl adjacent to an activating group) is 1. The molecule has 0 aromatic heterocycles. The van der Waals surface area contributed by atoms with Crippen LogP contribution < -0.4 is 0 Å². The summed E-state index contributed by atoms with van der Waals surface area (Å²) in [5.74, 6) is -2.02. The van der Waals surface area contributed by atoms with Crippen molar-refractivity contribution in [2.24, 2.45) is 35.5 Å². The summed E-state index contributed by atoms with van der Waals surface area (Å²) in [6, 6.07) is 0.0515. The van der Waals surface area contributed by atoms with Gasteiger partial charge in [-0.2, -0.15) is 0 Å². The Morgan fingerprint density at radius 2 is 1.64 bits per heavy atom. The van der Waals surface area contributed by atoms with E-state index in [-0.39, 0.29) is 41.9 Å². The fraction of sp³-hybridized carbons (Fsp3) is 0.944. The maximum absolute atomic E-state index is 13.7. The number of methoxy groups -OCH3 is 1. The molecule has 0 aliphatic carbocycles. The Kier molecular flexibility index (Phi) is 14.6. The van der Waals surface area contributed by atoms with Crippen molar-refractivity contribution in [1.29, 1.82) is 0 Å². The van der Waals surface area contributed by atoms with E-state index in [9.17, 15) is 15.0 Å². The van der Waals surface area contributed by atoms with Crippen LogP contribution in [0.5, 0.6) is 0 Å². The summed E-state index contributed by atoms with van der Waals surface area (Å²) in [5, 5.41) is 24.1. The van der Waals surface area contributed by atoms with E-state index in [2.05, 4.69) is 56.5 Å². The number of aliphatic hydroxyl groups excluding tert-OH is 1. The SMILES string of the molecule is CC[C@H]1OC(=O)[C@H](C)[C@@H](O)[C@H](C)[C@@H](O[C@@H]2O[C@H](C)C[C@H](N(C)C)[C@H]2OC)[C@]2(C)C[C@@H](C)[C](=[V])[C@H](C)[C@@H](OCC(C)C(C)CO2)[C@]1(C)O. The van der Waals surface area contributed by atoms with Crippen LogP contribution in [0, 0.1) is 35.5 Å². The predicted octanol–water partition coefficient (Wildman–Crippen LogP) is 4.00. The fourth-order valence-corrected chi connectivity index (χ4v) is 8.34. The molecule has 3 rings (SSSR count). The van der Waals surface area contributed by atoms with Crippen LogP contribution in [0.1, 0.15) is 88.5 Å². The molecule has 0 aromatic carbocycles. The van der Waals surface area contributed by atoms with E-state index in [1.54, 1.807) is 21.0 Å². The molecule has 273 valence electrons. The number of hydrogen-bond acceptors (Lipinski definition) is 10. The Balaban J connectivity index is 2.24. The zero-order valence-electron chi connectivity index (χ0n) is 31.3. The molecule has 0 radical (unpaired) electrons.